The average molecular weight is 419 g/mol. The molecule has 1 aliphatic heterocycles. The van der Waals surface area contributed by atoms with Crippen molar-refractivity contribution < 1.29 is 18.8 Å². The number of halogens is 1. The van der Waals surface area contributed by atoms with Crippen LogP contribution in [0.15, 0.2) is 66.7 Å². The van der Waals surface area contributed by atoms with Gasteiger partial charge in [-0.05, 0) is 53.9 Å². The topological polar surface area (TPSA) is 78.5 Å². The van der Waals surface area contributed by atoms with Gasteiger partial charge in [-0.3, -0.25) is 14.5 Å². The molecule has 1 aliphatic rings. The standard InChI is InChI=1S/C24H22FN3O3/c1-15(17-8-7-16-5-3-4-6-18(16)13-17)26-21(29)14-28-22(30)24(2,27-23(28)31)19-9-11-20(25)12-10-19/h3-13,15H,14H2,1-2H3,(H,26,29)(H,27,31)/t15-,24+/m1/s1. The lowest BCUT2D eigenvalue weighted by molar-refractivity contribution is -0.135. The summed E-state index contributed by atoms with van der Waals surface area (Å²) in [5.74, 6) is -1.45. The van der Waals surface area contributed by atoms with Crippen molar-refractivity contribution in [3.8, 4) is 0 Å². The molecule has 4 amide bonds. The van der Waals surface area contributed by atoms with Crippen LogP contribution >= 0.6 is 0 Å². The van der Waals surface area contributed by atoms with Gasteiger partial charge in [-0.1, -0.05) is 48.5 Å². The Labute approximate surface area is 179 Å². The van der Waals surface area contributed by atoms with Gasteiger partial charge in [0.05, 0.1) is 6.04 Å². The van der Waals surface area contributed by atoms with Gasteiger partial charge in [-0.25, -0.2) is 9.18 Å². The van der Waals surface area contributed by atoms with Crippen molar-refractivity contribution in [1.82, 2.24) is 15.5 Å². The molecule has 7 heteroatoms. The molecule has 2 N–H and O–H groups in total. The second kappa shape index (κ2) is 7.83. The second-order valence-corrected chi connectivity index (χ2v) is 7.85. The largest absolute Gasteiger partial charge is 0.348 e. The molecule has 4 rings (SSSR count). The average Bonchev–Trinajstić information content (AvgIpc) is 2.97. The summed E-state index contributed by atoms with van der Waals surface area (Å²) in [6.45, 7) is 2.98. The van der Waals surface area contributed by atoms with E-state index in [9.17, 15) is 18.8 Å². The number of hydrogen-bond donors (Lipinski definition) is 2. The Morgan fingerprint density at radius 1 is 1.06 bits per heavy atom. The fourth-order valence-electron chi connectivity index (χ4n) is 3.81. The van der Waals surface area contributed by atoms with Crippen molar-refractivity contribution >= 4 is 28.6 Å². The first-order valence-electron chi connectivity index (χ1n) is 9.96. The zero-order valence-electron chi connectivity index (χ0n) is 17.2. The van der Waals surface area contributed by atoms with Gasteiger partial charge in [-0.2, -0.15) is 0 Å². The summed E-state index contributed by atoms with van der Waals surface area (Å²) in [7, 11) is 0. The number of nitrogens with zero attached hydrogens (tertiary/aromatic N) is 1. The molecular formula is C24H22FN3O3. The van der Waals surface area contributed by atoms with Crippen molar-refractivity contribution in [1.29, 1.82) is 0 Å². The van der Waals surface area contributed by atoms with Crippen LogP contribution in [-0.2, 0) is 15.1 Å². The zero-order chi connectivity index (χ0) is 22.2. The van der Waals surface area contributed by atoms with Gasteiger partial charge in [-0.15, -0.1) is 0 Å². The fourth-order valence-corrected chi connectivity index (χ4v) is 3.81. The molecule has 31 heavy (non-hydrogen) atoms. The van der Waals surface area contributed by atoms with E-state index in [-0.39, 0.29) is 6.04 Å². The lowest BCUT2D eigenvalue weighted by atomic mass is 9.92. The minimum absolute atomic E-state index is 0.304. The van der Waals surface area contributed by atoms with Gasteiger partial charge in [0.15, 0.2) is 0 Å². The molecular weight excluding hydrogens is 397 g/mol. The van der Waals surface area contributed by atoms with Gasteiger partial charge < -0.3 is 10.6 Å². The van der Waals surface area contributed by atoms with Gasteiger partial charge in [0.1, 0.15) is 17.9 Å². The maximum atomic E-state index is 13.2. The number of fused-ring (bicyclic) bond motifs is 1. The molecule has 3 aromatic carbocycles. The Bertz CT molecular complexity index is 1180. The van der Waals surface area contributed by atoms with Crippen molar-refractivity contribution in [2.45, 2.75) is 25.4 Å². The number of nitrogens with one attached hydrogen (secondary N) is 2. The Morgan fingerprint density at radius 3 is 2.45 bits per heavy atom. The van der Waals surface area contributed by atoms with Gasteiger partial charge in [0, 0.05) is 0 Å². The number of amides is 4. The third-order valence-corrected chi connectivity index (χ3v) is 5.65. The number of hydrogen-bond acceptors (Lipinski definition) is 3. The smallest absolute Gasteiger partial charge is 0.325 e. The predicted octanol–water partition coefficient (Wildman–Crippen LogP) is 3.62. The fraction of sp³-hybridized carbons (Fsp3) is 0.208. The monoisotopic (exact) mass is 419 g/mol. The quantitative estimate of drug-likeness (QED) is 0.620. The molecule has 1 heterocycles. The minimum atomic E-state index is -1.35. The van der Waals surface area contributed by atoms with Crippen molar-refractivity contribution in [3.63, 3.8) is 0 Å². The number of carbonyl (C=O) groups excluding carboxylic acids is 3. The van der Waals surface area contributed by atoms with Crippen LogP contribution in [0.4, 0.5) is 9.18 Å². The van der Waals surface area contributed by atoms with E-state index in [1.54, 1.807) is 0 Å². The van der Waals surface area contributed by atoms with Crippen molar-refractivity contribution in [2.75, 3.05) is 6.54 Å². The molecule has 0 saturated carbocycles. The SMILES string of the molecule is C[C@@H](NC(=O)CN1C(=O)N[C@@](C)(c2ccc(F)cc2)C1=O)c1ccc2ccccc2c1. The molecule has 0 radical (unpaired) electrons. The summed E-state index contributed by atoms with van der Waals surface area (Å²) in [5.41, 5.74) is 0.00904. The van der Waals surface area contributed by atoms with Crippen LogP contribution < -0.4 is 10.6 Å². The molecule has 1 saturated heterocycles. The molecule has 0 bridgehead atoms. The normalized spacial score (nSPS) is 19.4. The Kier molecular flexibility index (Phi) is 5.19. The van der Waals surface area contributed by atoms with E-state index in [1.165, 1.54) is 31.2 Å². The van der Waals surface area contributed by atoms with Crippen molar-refractivity contribution in [3.05, 3.63) is 83.7 Å². The lowest BCUT2D eigenvalue weighted by Crippen LogP contribution is -2.43. The zero-order valence-corrected chi connectivity index (χ0v) is 17.2. The van der Waals surface area contributed by atoms with E-state index in [0.29, 0.717) is 5.56 Å². The highest BCUT2D eigenvalue weighted by Gasteiger charge is 2.49. The van der Waals surface area contributed by atoms with E-state index < -0.39 is 35.7 Å². The molecule has 1 fully saturated rings. The van der Waals surface area contributed by atoms with Crippen LogP contribution in [0, 0.1) is 5.82 Å². The van der Waals surface area contributed by atoms with Crippen LogP contribution in [0.5, 0.6) is 0 Å². The summed E-state index contributed by atoms with van der Waals surface area (Å²) in [6.07, 6.45) is 0. The molecule has 0 spiro atoms. The maximum Gasteiger partial charge on any atom is 0.325 e. The van der Waals surface area contributed by atoms with Gasteiger partial charge >= 0.3 is 6.03 Å². The van der Waals surface area contributed by atoms with Gasteiger partial charge in [0.2, 0.25) is 5.91 Å². The van der Waals surface area contributed by atoms with Crippen molar-refractivity contribution in [2.24, 2.45) is 0 Å². The number of benzene rings is 3. The van der Waals surface area contributed by atoms with E-state index >= 15 is 0 Å². The highest BCUT2D eigenvalue weighted by molar-refractivity contribution is 6.09. The second-order valence-electron chi connectivity index (χ2n) is 7.85. The first-order valence-corrected chi connectivity index (χ1v) is 9.96. The first-order chi connectivity index (χ1) is 14.8. The maximum absolute atomic E-state index is 13.2. The van der Waals surface area contributed by atoms with Crippen LogP contribution in [0.25, 0.3) is 10.8 Å². The van der Waals surface area contributed by atoms with E-state index in [4.69, 9.17) is 0 Å². The molecule has 0 unspecified atom stereocenters. The Hall–Kier alpha value is -3.74. The summed E-state index contributed by atoms with van der Waals surface area (Å²) in [4.78, 5) is 38.8. The molecule has 0 aromatic heterocycles. The highest BCUT2D eigenvalue weighted by Crippen LogP contribution is 2.29. The highest BCUT2D eigenvalue weighted by atomic mass is 19.1. The molecule has 2 atom stereocenters. The van der Waals surface area contributed by atoms with Crippen LogP contribution in [-0.4, -0.2) is 29.3 Å². The molecule has 6 nitrogen and oxygen atoms in total. The summed E-state index contributed by atoms with van der Waals surface area (Å²) in [6, 6.07) is 18.2. The Balaban J connectivity index is 1.45. The number of carbonyl (C=O) groups is 3. The molecule has 3 aromatic rings. The molecule has 0 aliphatic carbocycles. The Morgan fingerprint density at radius 2 is 1.74 bits per heavy atom. The summed E-state index contributed by atoms with van der Waals surface area (Å²) < 4.78 is 13.2. The minimum Gasteiger partial charge on any atom is -0.348 e. The third kappa shape index (κ3) is 3.86. The van der Waals surface area contributed by atoms with Gasteiger partial charge in [0.25, 0.3) is 5.91 Å². The molecule has 158 valence electrons. The summed E-state index contributed by atoms with van der Waals surface area (Å²) >= 11 is 0. The van der Waals surface area contributed by atoms with E-state index in [2.05, 4.69) is 10.6 Å². The third-order valence-electron chi connectivity index (χ3n) is 5.65. The number of rotatable bonds is 5. The number of urea groups is 1. The summed E-state index contributed by atoms with van der Waals surface area (Å²) in [5, 5.41) is 7.61. The van der Waals surface area contributed by atoms with Crippen LogP contribution in [0.2, 0.25) is 0 Å². The number of imide groups is 1. The van der Waals surface area contributed by atoms with E-state index in [0.717, 1.165) is 21.2 Å². The van der Waals surface area contributed by atoms with Crippen LogP contribution in [0.1, 0.15) is 31.0 Å². The first kappa shape index (κ1) is 20.5. The predicted molar refractivity (Wildman–Crippen MR) is 115 cm³/mol. The van der Waals surface area contributed by atoms with Crippen LogP contribution in [0.3, 0.4) is 0 Å². The van der Waals surface area contributed by atoms with E-state index in [1.807, 2.05) is 49.4 Å². The lowest BCUT2D eigenvalue weighted by Gasteiger charge is -2.22.